The van der Waals surface area contributed by atoms with Gasteiger partial charge in [-0.1, -0.05) is 44.0 Å². The molecule has 0 radical (unpaired) electrons. The number of nitrogens with one attached hydrogen (secondary N) is 2. The summed E-state index contributed by atoms with van der Waals surface area (Å²) in [6.07, 6.45) is 1.86. The quantitative estimate of drug-likeness (QED) is 0.438. The number of hydrogen-bond acceptors (Lipinski definition) is 4. The third kappa shape index (κ3) is 5.25. The van der Waals surface area contributed by atoms with Crippen molar-refractivity contribution in [1.29, 1.82) is 0 Å². The van der Waals surface area contributed by atoms with Gasteiger partial charge in [0.15, 0.2) is 0 Å². The predicted octanol–water partition coefficient (Wildman–Crippen LogP) is 3.27. The van der Waals surface area contributed by atoms with E-state index in [-0.39, 0.29) is 13.2 Å². The molecule has 32 heavy (non-hydrogen) atoms. The normalized spacial score (nSPS) is 17.9. The number of hydrogen-bond donors (Lipinski definition) is 2. The number of imide groups is 1. The third-order valence-electron chi connectivity index (χ3n) is 5.40. The van der Waals surface area contributed by atoms with Crippen LogP contribution in [-0.2, 0) is 15.1 Å². The number of unbranched alkanes of at least 4 members (excludes halogenated alkanes) is 1. The molecule has 1 aliphatic rings. The van der Waals surface area contributed by atoms with Crippen LogP contribution in [0.1, 0.15) is 37.3 Å². The summed E-state index contributed by atoms with van der Waals surface area (Å²) in [6, 6.07) is 12.4. The molecule has 0 bridgehead atoms. The van der Waals surface area contributed by atoms with Gasteiger partial charge in [-0.15, -0.1) is 0 Å². The molecule has 2 aromatic rings. The Labute approximate surface area is 186 Å². The highest BCUT2D eigenvalue weighted by Crippen LogP contribution is 2.34. The van der Waals surface area contributed by atoms with Crippen molar-refractivity contribution in [2.75, 3.05) is 19.7 Å². The lowest BCUT2D eigenvalue weighted by Gasteiger charge is -2.27. The Hall–Kier alpha value is -3.42. The van der Waals surface area contributed by atoms with E-state index in [0.29, 0.717) is 24.2 Å². The summed E-state index contributed by atoms with van der Waals surface area (Å²) in [5.41, 5.74) is 0.271. The van der Waals surface area contributed by atoms with E-state index in [1.165, 1.54) is 24.3 Å². The number of nitrogens with zero attached hydrogens (tertiary/aromatic N) is 1. The number of carbonyl (C=O) groups is 3. The fourth-order valence-electron chi connectivity index (χ4n) is 3.72. The van der Waals surface area contributed by atoms with Gasteiger partial charge in [0.2, 0.25) is 5.91 Å². The molecule has 1 aliphatic heterocycles. The molecule has 1 fully saturated rings. The first kappa shape index (κ1) is 23.2. The summed E-state index contributed by atoms with van der Waals surface area (Å²) in [6.45, 7) is 4.02. The predicted molar refractivity (Wildman–Crippen MR) is 118 cm³/mol. The molecule has 0 aromatic heterocycles. The number of urea groups is 1. The van der Waals surface area contributed by atoms with Gasteiger partial charge in [-0.05, 0) is 48.7 Å². The van der Waals surface area contributed by atoms with Crippen LogP contribution in [0.25, 0.3) is 0 Å². The molecule has 2 N–H and O–H groups in total. The van der Waals surface area contributed by atoms with Crippen molar-refractivity contribution in [3.05, 3.63) is 65.5 Å². The van der Waals surface area contributed by atoms with Crippen molar-refractivity contribution in [2.45, 2.75) is 38.6 Å². The number of carbonyl (C=O) groups excluding carboxylic acids is 3. The van der Waals surface area contributed by atoms with Crippen LogP contribution in [0.2, 0.25) is 0 Å². The largest absolute Gasteiger partial charge is 0.492 e. The van der Waals surface area contributed by atoms with Crippen LogP contribution < -0.4 is 15.4 Å². The summed E-state index contributed by atoms with van der Waals surface area (Å²) in [4.78, 5) is 39.1. The first-order chi connectivity index (χ1) is 15.4. The van der Waals surface area contributed by atoms with Gasteiger partial charge in [0, 0.05) is 0 Å². The number of benzene rings is 2. The van der Waals surface area contributed by atoms with Gasteiger partial charge in [0.1, 0.15) is 30.3 Å². The van der Waals surface area contributed by atoms with E-state index in [1.54, 1.807) is 0 Å². The monoisotopic (exact) mass is 441 g/mol. The van der Waals surface area contributed by atoms with E-state index in [1.807, 2.05) is 38.1 Å². The molecular weight excluding hydrogens is 413 g/mol. The Morgan fingerprint density at radius 2 is 1.94 bits per heavy atom. The van der Waals surface area contributed by atoms with Gasteiger partial charge >= 0.3 is 6.03 Å². The molecule has 0 spiro atoms. The zero-order valence-electron chi connectivity index (χ0n) is 18.3. The Morgan fingerprint density at radius 3 is 2.62 bits per heavy atom. The topological polar surface area (TPSA) is 87.7 Å². The Morgan fingerprint density at radius 1 is 1.19 bits per heavy atom. The second kappa shape index (κ2) is 10.3. The number of amides is 4. The highest BCUT2D eigenvalue weighted by Gasteiger charge is 2.52. The van der Waals surface area contributed by atoms with Gasteiger partial charge < -0.3 is 15.4 Å². The first-order valence-electron chi connectivity index (χ1n) is 10.7. The Kier molecular flexibility index (Phi) is 7.45. The van der Waals surface area contributed by atoms with E-state index in [2.05, 4.69) is 10.6 Å². The number of halogens is 1. The molecule has 3 rings (SSSR count). The van der Waals surface area contributed by atoms with Gasteiger partial charge in [-0.2, -0.15) is 0 Å². The summed E-state index contributed by atoms with van der Waals surface area (Å²) >= 11 is 0. The van der Waals surface area contributed by atoms with Crippen LogP contribution in [0.5, 0.6) is 5.75 Å². The Balaban J connectivity index is 1.61. The molecule has 0 aliphatic carbocycles. The number of aryl methyl sites for hydroxylation is 1. The fourth-order valence-corrected chi connectivity index (χ4v) is 3.72. The van der Waals surface area contributed by atoms with Crippen LogP contribution in [0.3, 0.4) is 0 Å². The van der Waals surface area contributed by atoms with E-state index in [4.69, 9.17) is 4.74 Å². The maximum Gasteiger partial charge on any atom is 0.325 e. The van der Waals surface area contributed by atoms with E-state index in [9.17, 15) is 18.8 Å². The molecule has 2 aromatic carbocycles. The molecule has 1 saturated heterocycles. The SMILES string of the molecule is CCCCC1(c2ccc(F)cc2)NC(=O)N(CC(=O)NCCOc2cccc(C)c2)C1=O. The minimum atomic E-state index is -1.30. The van der Waals surface area contributed by atoms with E-state index in [0.717, 1.165) is 16.9 Å². The van der Waals surface area contributed by atoms with Crippen LogP contribution in [0.15, 0.2) is 48.5 Å². The molecule has 1 unspecified atom stereocenters. The molecule has 170 valence electrons. The van der Waals surface area contributed by atoms with E-state index >= 15 is 0 Å². The average Bonchev–Trinajstić information content (AvgIpc) is 3.01. The summed E-state index contributed by atoms with van der Waals surface area (Å²) in [7, 11) is 0. The van der Waals surface area contributed by atoms with Gasteiger partial charge in [0.25, 0.3) is 5.91 Å². The van der Waals surface area contributed by atoms with Crippen molar-refractivity contribution in [1.82, 2.24) is 15.5 Å². The van der Waals surface area contributed by atoms with Crippen molar-refractivity contribution in [2.24, 2.45) is 0 Å². The van der Waals surface area contributed by atoms with Crippen molar-refractivity contribution >= 4 is 17.8 Å². The highest BCUT2D eigenvalue weighted by molar-refractivity contribution is 6.09. The zero-order chi connectivity index (χ0) is 23.1. The molecule has 1 heterocycles. The zero-order valence-corrected chi connectivity index (χ0v) is 18.3. The van der Waals surface area contributed by atoms with Crippen molar-refractivity contribution in [3.8, 4) is 5.75 Å². The summed E-state index contributed by atoms with van der Waals surface area (Å²) in [5, 5.41) is 5.41. The lowest BCUT2D eigenvalue weighted by atomic mass is 9.85. The summed E-state index contributed by atoms with van der Waals surface area (Å²) < 4.78 is 19.0. The second-order valence-corrected chi connectivity index (χ2v) is 7.85. The van der Waals surface area contributed by atoms with Crippen LogP contribution in [0, 0.1) is 12.7 Å². The maximum absolute atomic E-state index is 13.4. The molecule has 0 saturated carbocycles. The lowest BCUT2D eigenvalue weighted by molar-refractivity contribution is -0.135. The summed E-state index contributed by atoms with van der Waals surface area (Å²) in [5.74, 6) is -0.700. The minimum absolute atomic E-state index is 0.232. The van der Waals surface area contributed by atoms with Gasteiger partial charge in [-0.3, -0.25) is 14.5 Å². The van der Waals surface area contributed by atoms with Crippen LogP contribution in [-0.4, -0.2) is 42.4 Å². The molecule has 7 nitrogen and oxygen atoms in total. The van der Waals surface area contributed by atoms with Crippen LogP contribution >= 0.6 is 0 Å². The third-order valence-corrected chi connectivity index (χ3v) is 5.40. The molecule has 4 amide bonds. The van der Waals surface area contributed by atoms with Crippen molar-refractivity contribution in [3.63, 3.8) is 0 Å². The standard InChI is InChI=1S/C24H28FN3O4/c1-3-4-12-24(18-8-10-19(25)11-9-18)22(30)28(23(31)27-24)16-21(29)26-13-14-32-20-7-5-6-17(2)15-20/h5-11,15H,3-4,12-14,16H2,1-2H3,(H,26,29)(H,27,31). The van der Waals surface area contributed by atoms with Crippen LogP contribution in [0.4, 0.5) is 9.18 Å². The first-order valence-corrected chi connectivity index (χ1v) is 10.7. The highest BCUT2D eigenvalue weighted by atomic mass is 19.1. The van der Waals surface area contributed by atoms with Gasteiger partial charge in [0.05, 0.1) is 6.54 Å². The number of ether oxygens (including phenoxy) is 1. The van der Waals surface area contributed by atoms with Crippen molar-refractivity contribution < 1.29 is 23.5 Å². The fraction of sp³-hybridized carbons (Fsp3) is 0.375. The molecular formula is C24H28FN3O4. The minimum Gasteiger partial charge on any atom is -0.492 e. The number of rotatable bonds is 10. The second-order valence-electron chi connectivity index (χ2n) is 7.85. The maximum atomic E-state index is 13.4. The molecule has 1 atom stereocenters. The Bertz CT molecular complexity index is 979. The molecule has 8 heteroatoms. The average molecular weight is 442 g/mol. The van der Waals surface area contributed by atoms with Gasteiger partial charge in [-0.25, -0.2) is 9.18 Å². The van der Waals surface area contributed by atoms with E-state index < -0.39 is 35.7 Å². The smallest absolute Gasteiger partial charge is 0.325 e. The lowest BCUT2D eigenvalue weighted by Crippen LogP contribution is -2.45.